The lowest BCUT2D eigenvalue weighted by Crippen LogP contribution is -2.30. The zero-order valence-corrected chi connectivity index (χ0v) is 19.9. The third kappa shape index (κ3) is 6.51. The molecule has 0 fully saturated rings. The Morgan fingerprint density at radius 2 is 1.68 bits per heavy atom. The van der Waals surface area contributed by atoms with E-state index in [1.807, 2.05) is 43.3 Å². The van der Waals surface area contributed by atoms with Gasteiger partial charge in [0.15, 0.2) is 18.1 Å². The van der Waals surface area contributed by atoms with Crippen LogP contribution in [0.1, 0.15) is 18.1 Å². The largest absolute Gasteiger partial charge is 0.497 e. The van der Waals surface area contributed by atoms with Crippen molar-refractivity contribution in [2.75, 3.05) is 34.5 Å². The molecule has 0 heterocycles. The maximum absolute atomic E-state index is 12.4. The van der Waals surface area contributed by atoms with Crippen molar-refractivity contribution >= 4 is 28.7 Å². The first kappa shape index (κ1) is 24.6. The summed E-state index contributed by atoms with van der Waals surface area (Å²) in [5, 5.41) is 2.12. The molecular formula is C27H29NO6. The van der Waals surface area contributed by atoms with Crippen molar-refractivity contribution in [3.63, 3.8) is 0 Å². The first-order valence-electron chi connectivity index (χ1n) is 10.9. The first-order valence-corrected chi connectivity index (χ1v) is 10.9. The summed E-state index contributed by atoms with van der Waals surface area (Å²) in [5.41, 5.74) is 1.72. The Labute approximate surface area is 199 Å². The molecule has 0 aliphatic heterocycles. The van der Waals surface area contributed by atoms with Crippen molar-refractivity contribution in [1.82, 2.24) is 4.90 Å². The Kier molecular flexibility index (Phi) is 8.51. The third-order valence-corrected chi connectivity index (χ3v) is 5.19. The van der Waals surface area contributed by atoms with E-state index in [0.29, 0.717) is 24.7 Å². The molecule has 0 aliphatic rings. The lowest BCUT2D eigenvalue weighted by Gasteiger charge is -2.17. The molecule has 0 N–H and O–H groups in total. The summed E-state index contributed by atoms with van der Waals surface area (Å²) in [6.07, 6.45) is 2.87. The fraction of sp³-hybridized carbons (Fsp3) is 0.259. The highest BCUT2D eigenvalue weighted by Crippen LogP contribution is 2.28. The Morgan fingerprint density at radius 1 is 0.912 bits per heavy atom. The lowest BCUT2D eigenvalue weighted by atomic mass is 10.1. The number of fused-ring (bicyclic) bond motifs is 1. The van der Waals surface area contributed by atoms with Crippen LogP contribution in [0, 0.1) is 0 Å². The van der Waals surface area contributed by atoms with E-state index >= 15 is 0 Å². The molecule has 0 saturated carbocycles. The number of carbonyl (C=O) groups is 2. The molecule has 3 rings (SSSR count). The number of likely N-dealkylation sites (N-methyl/N-ethyl adjacent to an activating group) is 1. The Balaban J connectivity index is 1.52. The molecule has 7 heteroatoms. The fourth-order valence-electron chi connectivity index (χ4n) is 3.38. The van der Waals surface area contributed by atoms with Gasteiger partial charge in [-0.15, -0.1) is 0 Å². The van der Waals surface area contributed by atoms with Crippen molar-refractivity contribution < 1.29 is 28.5 Å². The number of carbonyl (C=O) groups excluding carboxylic acids is 2. The summed E-state index contributed by atoms with van der Waals surface area (Å²) >= 11 is 0. The van der Waals surface area contributed by atoms with E-state index in [1.54, 1.807) is 45.5 Å². The van der Waals surface area contributed by atoms with Gasteiger partial charge in [-0.2, -0.15) is 0 Å². The molecule has 34 heavy (non-hydrogen) atoms. The smallest absolute Gasteiger partial charge is 0.331 e. The van der Waals surface area contributed by atoms with Crippen LogP contribution in [0.5, 0.6) is 17.2 Å². The first-order chi connectivity index (χ1) is 16.4. The monoisotopic (exact) mass is 463 g/mol. The minimum absolute atomic E-state index is 0.292. The summed E-state index contributed by atoms with van der Waals surface area (Å²) in [4.78, 5) is 26.0. The SMILES string of the molecule is CCOc1ccc(/C=C/C(=O)OCC(=O)N(C)Cc2ccc3cc(OC)ccc3c2)cc1OC. The topological polar surface area (TPSA) is 74.3 Å². The van der Waals surface area contributed by atoms with Crippen molar-refractivity contribution in [3.8, 4) is 17.2 Å². The molecular weight excluding hydrogens is 434 g/mol. The molecule has 0 aliphatic carbocycles. The minimum atomic E-state index is -0.603. The standard InChI is InChI=1S/C27H29NO6/c1-5-33-24-12-7-19(15-25(24)32-4)8-13-27(30)34-18-26(29)28(2)17-20-6-9-22-16-23(31-3)11-10-21(22)14-20/h6-16H,5,17-18H2,1-4H3/b13-8+. The van der Waals surface area contributed by atoms with Crippen LogP contribution < -0.4 is 14.2 Å². The average Bonchev–Trinajstić information content (AvgIpc) is 2.86. The number of nitrogens with zero attached hydrogens (tertiary/aromatic N) is 1. The molecule has 0 bridgehead atoms. The molecule has 7 nitrogen and oxygen atoms in total. The molecule has 3 aromatic carbocycles. The molecule has 0 unspecified atom stereocenters. The van der Waals surface area contributed by atoms with Crippen LogP contribution in [-0.2, 0) is 20.9 Å². The zero-order valence-electron chi connectivity index (χ0n) is 19.9. The summed E-state index contributed by atoms with van der Waals surface area (Å²) in [6.45, 7) is 2.48. The number of hydrogen-bond acceptors (Lipinski definition) is 6. The van der Waals surface area contributed by atoms with Gasteiger partial charge in [0, 0.05) is 19.7 Å². The van der Waals surface area contributed by atoms with Gasteiger partial charge in [0.1, 0.15) is 5.75 Å². The summed E-state index contributed by atoms with van der Waals surface area (Å²) in [7, 11) is 4.86. The molecule has 1 amide bonds. The second-order valence-electron chi connectivity index (χ2n) is 7.58. The Hall–Kier alpha value is -4.00. The second kappa shape index (κ2) is 11.7. The predicted octanol–water partition coefficient (Wildman–Crippen LogP) is 4.47. The van der Waals surface area contributed by atoms with Gasteiger partial charge in [-0.05, 0) is 65.2 Å². The molecule has 0 radical (unpaired) electrons. The highest BCUT2D eigenvalue weighted by atomic mass is 16.5. The summed E-state index contributed by atoms with van der Waals surface area (Å²) in [6, 6.07) is 17.2. The Morgan fingerprint density at radius 3 is 2.41 bits per heavy atom. The van der Waals surface area contributed by atoms with Crippen molar-refractivity contribution in [3.05, 3.63) is 71.8 Å². The van der Waals surface area contributed by atoms with Gasteiger partial charge in [0.2, 0.25) is 0 Å². The second-order valence-corrected chi connectivity index (χ2v) is 7.58. The van der Waals surface area contributed by atoms with E-state index in [4.69, 9.17) is 18.9 Å². The van der Waals surface area contributed by atoms with Crippen LogP contribution in [0.15, 0.2) is 60.7 Å². The van der Waals surface area contributed by atoms with Crippen LogP contribution in [0.4, 0.5) is 0 Å². The van der Waals surface area contributed by atoms with Crippen LogP contribution in [0.2, 0.25) is 0 Å². The predicted molar refractivity (Wildman–Crippen MR) is 131 cm³/mol. The molecule has 0 atom stereocenters. The van der Waals surface area contributed by atoms with E-state index in [-0.39, 0.29) is 12.5 Å². The number of methoxy groups -OCH3 is 2. The van der Waals surface area contributed by atoms with Gasteiger partial charge in [0.25, 0.3) is 5.91 Å². The quantitative estimate of drug-likeness (QED) is 0.326. The maximum Gasteiger partial charge on any atom is 0.331 e. The number of esters is 1. The van der Waals surface area contributed by atoms with Crippen LogP contribution in [0.3, 0.4) is 0 Å². The van der Waals surface area contributed by atoms with E-state index < -0.39 is 5.97 Å². The van der Waals surface area contributed by atoms with Gasteiger partial charge < -0.3 is 23.8 Å². The summed E-state index contributed by atoms with van der Waals surface area (Å²) < 4.78 is 21.1. The zero-order chi connectivity index (χ0) is 24.5. The fourth-order valence-corrected chi connectivity index (χ4v) is 3.38. The van der Waals surface area contributed by atoms with E-state index in [9.17, 15) is 9.59 Å². The van der Waals surface area contributed by atoms with Crippen LogP contribution in [0.25, 0.3) is 16.8 Å². The third-order valence-electron chi connectivity index (χ3n) is 5.19. The van der Waals surface area contributed by atoms with Gasteiger partial charge >= 0.3 is 5.97 Å². The minimum Gasteiger partial charge on any atom is -0.497 e. The van der Waals surface area contributed by atoms with Gasteiger partial charge in [0.05, 0.1) is 20.8 Å². The van der Waals surface area contributed by atoms with E-state index in [0.717, 1.165) is 27.6 Å². The highest BCUT2D eigenvalue weighted by molar-refractivity contribution is 5.89. The molecule has 0 spiro atoms. The summed E-state index contributed by atoms with van der Waals surface area (Å²) in [5.74, 6) is 1.10. The van der Waals surface area contributed by atoms with Crippen molar-refractivity contribution in [1.29, 1.82) is 0 Å². The van der Waals surface area contributed by atoms with Gasteiger partial charge in [-0.3, -0.25) is 4.79 Å². The van der Waals surface area contributed by atoms with E-state index in [2.05, 4.69) is 0 Å². The molecule has 178 valence electrons. The van der Waals surface area contributed by atoms with E-state index in [1.165, 1.54) is 11.0 Å². The van der Waals surface area contributed by atoms with Crippen molar-refractivity contribution in [2.24, 2.45) is 0 Å². The number of amides is 1. The normalized spacial score (nSPS) is 10.8. The number of benzene rings is 3. The molecule has 3 aromatic rings. The molecule has 0 saturated heterocycles. The van der Waals surface area contributed by atoms with Crippen LogP contribution >= 0.6 is 0 Å². The van der Waals surface area contributed by atoms with Crippen molar-refractivity contribution in [2.45, 2.75) is 13.5 Å². The number of rotatable bonds is 10. The highest BCUT2D eigenvalue weighted by Gasteiger charge is 2.12. The molecule has 0 aromatic heterocycles. The van der Waals surface area contributed by atoms with Crippen LogP contribution in [-0.4, -0.2) is 51.3 Å². The lowest BCUT2D eigenvalue weighted by molar-refractivity contribution is -0.147. The average molecular weight is 464 g/mol. The van der Waals surface area contributed by atoms with Gasteiger partial charge in [-0.1, -0.05) is 24.3 Å². The van der Waals surface area contributed by atoms with Gasteiger partial charge in [-0.25, -0.2) is 4.79 Å². The number of ether oxygens (including phenoxy) is 4. The Bertz CT molecular complexity index is 1190. The number of hydrogen-bond donors (Lipinski definition) is 0. The maximum atomic E-state index is 12.4.